The van der Waals surface area contributed by atoms with E-state index in [0.29, 0.717) is 5.78 Å². The minimum Gasteiger partial charge on any atom is -0.298 e. The molecule has 23 heavy (non-hydrogen) atoms. The molecule has 3 saturated heterocycles. The third-order valence-corrected chi connectivity index (χ3v) is 5.57. The van der Waals surface area contributed by atoms with Gasteiger partial charge in [0.25, 0.3) is 0 Å². The number of piperidine rings is 3. The van der Waals surface area contributed by atoms with E-state index in [9.17, 15) is 4.79 Å². The van der Waals surface area contributed by atoms with E-state index in [2.05, 4.69) is 41.3 Å². The molecule has 2 aromatic rings. The molecule has 0 radical (unpaired) electrons. The number of fused-ring (bicyclic) bond motifs is 3. The first kappa shape index (κ1) is 14.9. The van der Waals surface area contributed by atoms with Gasteiger partial charge in [0.05, 0.1) is 6.04 Å². The summed E-state index contributed by atoms with van der Waals surface area (Å²) < 4.78 is 0. The number of carbonyl (C=O) groups excluding carboxylic acids is 1. The van der Waals surface area contributed by atoms with E-state index >= 15 is 0 Å². The minimum atomic E-state index is -0.0360. The van der Waals surface area contributed by atoms with Gasteiger partial charge in [-0.25, -0.2) is 0 Å². The first-order chi connectivity index (χ1) is 11.2. The minimum absolute atomic E-state index is 0.0360. The number of rotatable bonds is 3. The molecule has 3 fully saturated rings. The maximum Gasteiger partial charge on any atom is 0.154 e. The summed E-state index contributed by atoms with van der Waals surface area (Å²) in [5, 5.41) is 0.734. The largest absolute Gasteiger partial charge is 0.298 e. The maximum atomic E-state index is 13.0. The fourth-order valence-corrected chi connectivity index (χ4v) is 4.27. The SMILES string of the molecule is O=C1C2CCN(CC2)C1C(c1ccccc1)c1ccc(Cl)cc1. The molecule has 2 bridgehead atoms. The zero-order chi connectivity index (χ0) is 15.8. The van der Waals surface area contributed by atoms with Crippen LogP contribution in [0.1, 0.15) is 29.9 Å². The fourth-order valence-electron chi connectivity index (χ4n) is 4.15. The predicted octanol–water partition coefficient (Wildman–Crippen LogP) is 4.14. The van der Waals surface area contributed by atoms with Gasteiger partial charge in [-0.15, -0.1) is 0 Å². The molecule has 0 aromatic heterocycles. The molecule has 3 aliphatic heterocycles. The van der Waals surface area contributed by atoms with Gasteiger partial charge in [0.2, 0.25) is 0 Å². The van der Waals surface area contributed by atoms with Crippen LogP contribution < -0.4 is 0 Å². The Labute approximate surface area is 142 Å². The Morgan fingerprint density at radius 2 is 1.52 bits per heavy atom. The van der Waals surface area contributed by atoms with Gasteiger partial charge in [-0.1, -0.05) is 54.1 Å². The Morgan fingerprint density at radius 3 is 2.13 bits per heavy atom. The number of nitrogens with zero attached hydrogens (tertiary/aromatic N) is 1. The van der Waals surface area contributed by atoms with Crippen LogP contribution in [0, 0.1) is 5.92 Å². The molecule has 2 nitrogen and oxygen atoms in total. The molecule has 2 atom stereocenters. The van der Waals surface area contributed by atoms with Crippen molar-refractivity contribution in [2.24, 2.45) is 5.92 Å². The molecular weight excluding hydrogens is 306 g/mol. The molecule has 0 amide bonds. The van der Waals surface area contributed by atoms with Crippen LogP contribution in [0.25, 0.3) is 0 Å². The van der Waals surface area contributed by atoms with Gasteiger partial charge in [0, 0.05) is 16.9 Å². The van der Waals surface area contributed by atoms with Crippen LogP contribution >= 0.6 is 11.6 Å². The summed E-state index contributed by atoms with van der Waals surface area (Å²) in [4.78, 5) is 15.4. The Hall–Kier alpha value is -1.64. The van der Waals surface area contributed by atoms with Crippen molar-refractivity contribution in [1.82, 2.24) is 4.90 Å². The van der Waals surface area contributed by atoms with Crippen molar-refractivity contribution < 1.29 is 4.79 Å². The van der Waals surface area contributed by atoms with Gasteiger partial charge in [-0.3, -0.25) is 9.69 Å². The number of ketones is 1. The smallest absolute Gasteiger partial charge is 0.154 e. The van der Waals surface area contributed by atoms with Gasteiger partial charge >= 0.3 is 0 Å². The van der Waals surface area contributed by atoms with Gasteiger partial charge in [0.15, 0.2) is 5.78 Å². The van der Waals surface area contributed by atoms with E-state index in [4.69, 9.17) is 11.6 Å². The maximum absolute atomic E-state index is 13.0. The number of carbonyl (C=O) groups is 1. The van der Waals surface area contributed by atoms with Crippen LogP contribution in [0.15, 0.2) is 54.6 Å². The lowest BCUT2D eigenvalue weighted by atomic mass is 9.73. The Bertz CT molecular complexity index is 689. The number of hydrogen-bond acceptors (Lipinski definition) is 2. The average molecular weight is 326 g/mol. The molecule has 2 aromatic carbocycles. The molecule has 3 heterocycles. The lowest BCUT2D eigenvalue weighted by Crippen LogP contribution is -2.57. The Morgan fingerprint density at radius 1 is 0.913 bits per heavy atom. The summed E-state index contributed by atoms with van der Waals surface area (Å²) in [6.07, 6.45) is 2.05. The van der Waals surface area contributed by atoms with Crippen LogP contribution in [0.3, 0.4) is 0 Å². The molecule has 5 rings (SSSR count). The molecular formula is C20H20ClNO. The van der Waals surface area contributed by atoms with Crippen molar-refractivity contribution in [3.8, 4) is 0 Å². The monoisotopic (exact) mass is 325 g/mol. The predicted molar refractivity (Wildman–Crippen MR) is 92.8 cm³/mol. The molecule has 0 saturated carbocycles. The van der Waals surface area contributed by atoms with E-state index in [1.807, 2.05) is 18.2 Å². The fraction of sp³-hybridized carbons (Fsp3) is 0.350. The highest BCUT2D eigenvalue weighted by Gasteiger charge is 2.45. The third kappa shape index (κ3) is 2.71. The second-order valence-corrected chi connectivity index (χ2v) is 7.03. The van der Waals surface area contributed by atoms with Crippen molar-refractivity contribution in [2.75, 3.05) is 13.1 Å². The van der Waals surface area contributed by atoms with Crippen LogP contribution in [-0.4, -0.2) is 29.8 Å². The molecule has 2 unspecified atom stereocenters. The van der Waals surface area contributed by atoms with Crippen LogP contribution in [0.4, 0.5) is 0 Å². The van der Waals surface area contributed by atoms with Gasteiger partial charge in [-0.05, 0) is 49.2 Å². The quantitative estimate of drug-likeness (QED) is 0.845. The van der Waals surface area contributed by atoms with E-state index in [1.54, 1.807) is 0 Å². The normalized spacial score (nSPS) is 27.9. The molecule has 3 aliphatic rings. The first-order valence-corrected chi connectivity index (χ1v) is 8.70. The molecule has 0 spiro atoms. The molecule has 0 N–H and O–H groups in total. The second-order valence-electron chi connectivity index (χ2n) is 6.60. The number of hydrogen-bond donors (Lipinski definition) is 0. The lowest BCUT2D eigenvalue weighted by molar-refractivity contribution is -0.137. The van der Waals surface area contributed by atoms with Gasteiger partial charge < -0.3 is 0 Å². The zero-order valence-corrected chi connectivity index (χ0v) is 13.7. The van der Waals surface area contributed by atoms with Crippen molar-refractivity contribution >= 4 is 17.4 Å². The van der Waals surface area contributed by atoms with Gasteiger partial charge in [-0.2, -0.15) is 0 Å². The topological polar surface area (TPSA) is 20.3 Å². The molecule has 3 heteroatoms. The average Bonchev–Trinajstić information content (AvgIpc) is 2.61. The summed E-state index contributed by atoms with van der Waals surface area (Å²) in [5.41, 5.74) is 2.38. The van der Waals surface area contributed by atoms with Crippen LogP contribution in [0.2, 0.25) is 5.02 Å². The second kappa shape index (κ2) is 6.10. The number of halogens is 1. The summed E-state index contributed by atoms with van der Waals surface area (Å²) in [6.45, 7) is 2.08. The standard InChI is InChI=1S/C20H20ClNO/c21-17-8-6-15(7-9-17)18(14-4-2-1-3-5-14)19-20(23)16-10-12-22(19)13-11-16/h1-9,16,18-19H,10-13H2. The van der Waals surface area contributed by atoms with Crippen molar-refractivity contribution in [2.45, 2.75) is 24.8 Å². The summed E-state index contributed by atoms with van der Waals surface area (Å²) in [6, 6.07) is 18.3. The van der Waals surface area contributed by atoms with E-state index in [-0.39, 0.29) is 17.9 Å². The molecule has 0 aliphatic carbocycles. The van der Waals surface area contributed by atoms with Crippen molar-refractivity contribution in [3.63, 3.8) is 0 Å². The highest BCUT2D eigenvalue weighted by atomic mass is 35.5. The Balaban J connectivity index is 1.79. The third-order valence-electron chi connectivity index (χ3n) is 5.32. The number of Topliss-reactive ketones (excluding diaryl/α,β-unsaturated/α-hetero) is 1. The highest BCUT2D eigenvalue weighted by Crippen LogP contribution is 2.39. The Kier molecular flexibility index (Phi) is 3.96. The van der Waals surface area contributed by atoms with Crippen molar-refractivity contribution in [1.29, 1.82) is 0 Å². The van der Waals surface area contributed by atoms with Crippen molar-refractivity contribution in [3.05, 3.63) is 70.7 Å². The van der Waals surface area contributed by atoms with E-state index in [0.717, 1.165) is 31.0 Å². The van der Waals surface area contributed by atoms with E-state index in [1.165, 1.54) is 11.1 Å². The van der Waals surface area contributed by atoms with Crippen LogP contribution in [0.5, 0.6) is 0 Å². The lowest BCUT2D eigenvalue weighted by Gasteiger charge is -2.47. The van der Waals surface area contributed by atoms with Gasteiger partial charge in [0.1, 0.15) is 0 Å². The number of benzene rings is 2. The highest BCUT2D eigenvalue weighted by molar-refractivity contribution is 6.30. The summed E-state index contributed by atoms with van der Waals surface area (Å²) in [5.74, 6) is 0.763. The first-order valence-electron chi connectivity index (χ1n) is 8.32. The van der Waals surface area contributed by atoms with E-state index < -0.39 is 0 Å². The molecule has 118 valence electrons. The van der Waals surface area contributed by atoms with Crippen LogP contribution in [-0.2, 0) is 4.79 Å². The summed E-state index contributed by atoms with van der Waals surface area (Å²) in [7, 11) is 0. The summed E-state index contributed by atoms with van der Waals surface area (Å²) >= 11 is 6.06. The zero-order valence-electron chi connectivity index (χ0n) is 13.0.